The van der Waals surface area contributed by atoms with Crippen molar-refractivity contribution in [2.75, 3.05) is 5.32 Å². The monoisotopic (exact) mass is 485 g/mol. The predicted molar refractivity (Wildman–Crippen MR) is 110 cm³/mol. The van der Waals surface area contributed by atoms with Crippen LogP contribution in [0.1, 0.15) is 47.3 Å². The second-order valence-corrected chi connectivity index (χ2v) is 8.16. The molecule has 1 aliphatic carbocycles. The molecule has 0 bridgehead atoms. The highest BCUT2D eigenvalue weighted by Crippen LogP contribution is 2.35. The van der Waals surface area contributed by atoms with E-state index in [1.807, 2.05) is 0 Å². The molecule has 0 fully saturated rings. The molecule has 0 unspecified atom stereocenters. The number of amides is 1. The van der Waals surface area contributed by atoms with Gasteiger partial charge in [0.25, 0.3) is 0 Å². The van der Waals surface area contributed by atoms with E-state index in [0.29, 0.717) is 24.1 Å². The third-order valence-corrected chi connectivity index (χ3v) is 5.58. The Morgan fingerprint density at radius 2 is 1.79 bits per heavy atom. The zero-order chi connectivity index (χ0) is 24.5. The summed E-state index contributed by atoms with van der Waals surface area (Å²) >= 11 is 0. The fourth-order valence-corrected chi connectivity index (χ4v) is 4.09. The number of anilines is 1. The summed E-state index contributed by atoms with van der Waals surface area (Å²) in [7, 11) is 0. The van der Waals surface area contributed by atoms with Crippen LogP contribution in [0.2, 0.25) is 0 Å². The SMILES string of the molecule is O=C(Cn1nc(C(F)(F)F)c2c1CCCCC2)Nc1cnn(Cc2cccc(C(F)(F)F)c2)c1. The number of fused-ring (bicyclic) bond motifs is 1. The average Bonchev–Trinajstić information content (AvgIpc) is 3.22. The van der Waals surface area contributed by atoms with Crippen molar-refractivity contribution in [3.63, 3.8) is 0 Å². The molecule has 0 saturated carbocycles. The predicted octanol–water partition coefficient (Wildman–Crippen LogP) is 5.07. The summed E-state index contributed by atoms with van der Waals surface area (Å²) in [5.41, 5.74) is -0.485. The van der Waals surface area contributed by atoms with E-state index >= 15 is 0 Å². The van der Waals surface area contributed by atoms with Gasteiger partial charge in [0.05, 0.1) is 24.0 Å². The zero-order valence-electron chi connectivity index (χ0n) is 17.9. The second kappa shape index (κ2) is 9.15. The van der Waals surface area contributed by atoms with E-state index in [0.717, 1.165) is 29.7 Å². The van der Waals surface area contributed by atoms with Crippen LogP contribution in [0.3, 0.4) is 0 Å². The number of alkyl halides is 6. The largest absolute Gasteiger partial charge is 0.435 e. The molecule has 4 rings (SSSR count). The molecule has 6 nitrogen and oxygen atoms in total. The Labute approximate surface area is 190 Å². The number of carbonyl (C=O) groups is 1. The van der Waals surface area contributed by atoms with Gasteiger partial charge in [0.1, 0.15) is 6.54 Å². The molecule has 0 atom stereocenters. The molecule has 34 heavy (non-hydrogen) atoms. The Hall–Kier alpha value is -3.31. The third kappa shape index (κ3) is 5.42. The molecule has 1 aromatic carbocycles. The number of nitrogens with zero attached hydrogens (tertiary/aromatic N) is 4. The molecule has 0 radical (unpaired) electrons. The second-order valence-electron chi connectivity index (χ2n) is 8.16. The van der Waals surface area contributed by atoms with Gasteiger partial charge in [-0.25, -0.2) is 0 Å². The highest BCUT2D eigenvalue weighted by molar-refractivity contribution is 5.90. The number of hydrogen-bond acceptors (Lipinski definition) is 3. The van der Waals surface area contributed by atoms with Crippen molar-refractivity contribution in [2.24, 2.45) is 0 Å². The Bertz CT molecular complexity index is 1180. The maximum atomic E-state index is 13.4. The van der Waals surface area contributed by atoms with Crippen molar-refractivity contribution in [1.82, 2.24) is 19.6 Å². The van der Waals surface area contributed by atoms with Gasteiger partial charge in [-0.05, 0) is 43.4 Å². The van der Waals surface area contributed by atoms with Crippen LogP contribution in [0, 0.1) is 0 Å². The normalized spacial score (nSPS) is 14.5. The molecule has 182 valence electrons. The van der Waals surface area contributed by atoms with Crippen molar-refractivity contribution >= 4 is 11.6 Å². The summed E-state index contributed by atoms with van der Waals surface area (Å²) in [5.74, 6) is -0.582. The minimum atomic E-state index is -4.60. The summed E-state index contributed by atoms with van der Waals surface area (Å²) < 4.78 is 81.4. The van der Waals surface area contributed by atoms with Gasteiger partial charge in [-0.1, -0.05) is 18.6 Å². The molecule has 3 aromatic rings. The highest BCUT2D eigenvalue weighted by atomic mass is 19.4. The van der Waals surface area contributed by atoms with E-state index < -0.39 is 36.1 Å². The number of aromatic nitrogens is 4. The lowest BCUT2D eigenvalue weighted by atomic mass is 10.1. The minimum Gasteiger partial charge on any atom is -0.322 e. The van der Waals surface area contributed by atoms with Crippen LogP contribution < -0.4 is 5.32 Å². The molecular weight excluding hydrogens is 464 g/mol. The summed E-state index contributed by atoms with van der Waals surface area (Å²) in [5, 5.41) is 10.3. The lowest BCUT2D eigenvalue weighted by Crippen LogP contribution is -2.21. The molecule has 1 N–H and O–H groups in total. The van der Waals surface area contributed by atoms with Crippen LogP contribution in [0.5, 0.6) is 0 Å². The molecule has 2 heterocycles. The molecule has 0 aliphatic heterocycles. The van der Waals surface area contributed by atoms with Crippen molar-refractivity contribution in [2.45, 2.75) is 57.5 Å². The standard InChI is InChI=1S/C22H21F6N5O/c23-21(24,25)15-6-4-5-14(9-15)11-32-12-16(10-29-32)30-19(34)13-33-18-8-3-1-2-7-17(18)20(31-33)22(26,27)28/h4-6,9-10,12H,1-3,7-8,11,13H2,(H,30,34). The van der Waals surface area contributed by atoms with Crippen molar-refractivity contribution in [1.29, 1.82) is 0 Å². The van der Waals surface area contributed by atoms with Gasteiger partial charge in [0.2, 0.25) is 5.91 Å². The van der Waals surface area contributed by atoms with Gasteiger partial charge in [-0.15, -0.1) is 0 Å². The van der Waals surface area contributed by atoms with E-state index in [1.165, 1.54) is 29.2 Å². The van der Waals surface area contributed by atoms with Crippen LogP contribution in [-0.4, -0.2) is 25.5 Å². The molecule has 0 spiro atoms. The van der Waals surface area contributed by atoms with Crippen molar-refractivity contribution < 1.29 is 31.1 Å². The van der Waals surface area contributed by atoms with Gasteiger partial charge < -0.3 is 5.32 Å². The van der Waals surface area contributed by atoms with E-state index in [9.17, 15) is 31.1 Å². The number of carbonyl (C=O) groups excluding carboxylic acids is 1. The number of nitrogens with one attached hydrogen (secondary N) is 1. The van der Waals surface area contributed by atoms with E-state index in [-0.39, 0.29) is 24.2 Å². The van der Waals surface area contributed by atoms with Crippen molar-refractivity contribution in [3.05, 3.63) is 64.7 Å². The zero-order valence-corrected chi connectivity index (χ0v) is 17.9. The first-order chi connectivity index (χ1) is 16.0. The average molecular weight is 485 g/mol. The summed E-state index contributed by atoms with van der Waals surface area (Å²) in [6, 6.07) is 4.81. The first-order valence-corrected chi connectivity index (χ1v) is 10.6. The Balaban J connectivity index is 1.45. The smallest absolute Gasteiger partial charge is 0.322 e. The molecule has 12 heteroatoms. The lowest BCUT2D eigenvalue weighted by Gasteiger charge is -2.09. The van der Waals surface area contributed by atoms with Gasteiger partial charge in [-0.2, -0.15) is 36.5 Å². The maximum absolute atomic E-state index is 13.4. The molecule has 1 aliphatic rings. The van der Waals surface area contributed by atoms with E-state index in [2.05, 4.69) is 15.5 Å². The highest BCUT2D eigenvalue weighted by Gasteiger charge is 2.39. The van der Waals surface area contributed by atoms with Crippen molar-refractivity contribution in [3.8, 4) is 0 Å². The third-order valence-electron chi connectivity index (χ3n) is 5.58. The van der Waals surface area contributed by atoms with Crippen LogP contribution in [0.4, 0.5) is 32.0 Å². The van der Waals surface area contributed by atoms with Gasteiger partial charge in [0, 0.05) is 17.5 Å². The summed E-state index contributed by atoms with van der Waals surface area (Å²) in [6.07, 6.45) is -3.45. The Morgan fingerprint density at radius 1 is 1.03 bits per heavy atom. The fraction of sp³-hybridized carbons (Fsp3) is 0.409. The first-order valence-electron chi connectivity index (χ1n) is 10.6. The molecule has 1 amide bonds. The van der Waals surface area contributed by atoms with Crippen LogP contribution in [0.15, 0.2) is 36.7 Å². The summed E-state index contributed by atoms with van der Waals surface area (Å²) in [4.78, 5) is 12.5. The van der Waals surface area contributed by atoms with E-state index in [1.54, 1.807) is 0 Å². The summed E-state index contributed by atoms with van der Waals surface area (Å²) in [6.45, 7) is -0.349. The number of benzene rings is 1. The fourth-order valence-electron chi connectivity index (χ4n) is 4.09. The number of hydrogen-bond donors (Lipinski definition) is 1. The van der Waals surface area contributed by atoms with E-state index in [4.69, 9.17) is 0 Å². The topological polar surface area (TPSA) is 64.7 Å². The van der Waals surface area contributed by atoms with Crippen LogP contribution in [-0.2, 0) is 43.1 Å². The maximum Gasteiger partial charge on any atom is 0.435 e. The lowest BCUT2D eigenvalue weighted by molar-refractivity contribution is -0.142. The molecule has 2 aromatic heterocycles. The van der Waals surface area contributed by atoms with Crippen LogP contribution >= 0.6 is 0 Å². The Kier molecular flexibility index (Phi) is 6.41. The van der Waals surface area contributed by atoms with Gasteiger partial charge >= 0.3 is 12.4 Å². The van der Waals surface area contributed by atoms with Gasteiger partial charge in [0.15, 0.2) is 5.69 Å². The van der Waals surface area contributed by atoms with Gasteiger partial charge in [-0.3, -0.25) is 14.2 Å². The molecule has 0 saturated heterocycles. The minimum absolute atomic E-state index is 0.0431. The number of halogens is 6. The Morgan fingerprint density at radius 3 is 2.53 bits per heavy atom. The first kappa shape index (κ1) is 23.8. The van der Waals surface area contributed by atoms with Crippen LogP contribution in [0.25, 0.3) is 0 Å². The number of rotatable bonds is 5. The quantitative estimate of drug-likeness (QED) is 0.405. The molecular formula is C22H21F6N5O.